The first-order valence-electron chi connectivity index (χ1n) is 9.67. The predicted octanol–water partition coefficient (Wildman–Crippen LogP) is 2.99. The second-order valence-corrected chi connectivity index (χ2v) is 7.44. The molecule has 1 fully saturated rings. The zero-order valence-corrected chi connectivity index (χ0v) is 16.3. The molecule has 7 heteroatoms. The molecule has 3 rings (SSSR count). The van der Waals surface area contributed by atoms with Crippen molar-refractivity contribution in [2.24, 2.45) is 5.92 Å². The van der Waals surface area contributed by atoms with E-state index in [-0.39, 0.29) is 23.5 Å². The van der Waals surface area contributed by atoms with Crippen molar-refractivity contribution in [2.75, 3.05) is 26.7 Å². The van der Waals surface area contributed by atoms with Crippen LogP contribution in [-0.2, 0) is 0 Å². The highest BCUT2D eigenvalue weighted by atomic mass is 19.1. The highest BCUT2D eigenvalue weighted by Gasteiger charge is 2.28. The van der Waals surface area contributed by atoms with Gasteiger partial charge in [-0.3, -0.25) is 4.79 Å². The molecule has 0 saturated carbocycles. The Morgan fingerprint density at radius 1 is 1.30 bits per heavy atom. The van der Waals surface area contributed by atoms with Gasteiger partial charge < -0.3 is 10.2 Å². The number of halogens is 1. The van der Waals surface area contributed by atoms with Gasteiger partial charge in [-0.1, -0.05) is 26.0 Å². The van der Waals surface area contributed by atoms with Gasteiger partial charge in [0.05, 0.1) is 0 Å². The number of carbonyl (C=O) groups is 1. The number of para-hydroxylation sites is 1. The van der Waals surface area contributed by atoms with Gasteiger partial charge in [0.2, 0.25) is 5.82 Å². The number of nitrogens with one attached hydrogen (secondary N) is 1. The van der Waals surface area contributed by atoms with Crippen molar-refractivity contribution in [3.63, 3.8) is 0 Å². The van der Waals surface area contributed by atoms with Crippen LogP contribution in [0.4, 0.5) is 4.39 Å². The van der Waals surface area contributed by atoms with E-state index >= 15 is 0 Å². The summed E-state index contributed by atoms with van der Waals surface area (Å²) in [6.07, 6.45) is 3.13. The fourth-order valence-electron chi connectivity index (χ4n) is 3.50. The van der Waals surface area contributed by atoms with E-state index in [4.69, 9.17) is 0 Å². The average Bonchev–Trinajstić information content (AvgIpc) is 3.12. The Labute approximate surface area is 159 Å². The second kappa shape index (κ2) is 8.61. The summed E-state index contributed by atoms with van der Waals surface area (Å²) >= 11 is 0. The molecule has 1 saturated heterocycles. The lowest BCUT2D eigenvalue weighted by Crippen LogP contribution is -2.39. The first-order valence-corrected chi connectivity index (χ1v) is 9.67. The van der Waals surface area contributed by atoms with Crippen LogP contribution in [0.15, 0.2) is 24.3 Å². The summed E-state index contributed by atoms with van der Waals surface area (Å²) in [5, 5.41) is 7.55. The van der Waals surface area contributed by atoms with Gasteiger partial charge in [-0.25, -0.2) is 14.1 Å². The predicted molar refractivity (Wildman–Crippen MR) is 103 cm³/mol. The van der Waals surface area contributed by atoms with E-state index in [2.05, 4.69) is 15.4 Å². The highest BCUT2D eigenvalue weighted by molar-refractivity contribution is 5.90. The third kappa shape index (κ3) is 4.35. The first-order chi connectivity index (χ1) is 13.0. The number of carbonyl (C=O) groups excluding carboxylic acids is 1. The molecule has 1 N–H and O–H groups in total. The van der Waals surface area contributed by atoms with Crippen LogP contribution < -0.4 is 5.32 Å². The Morgan fingerprint density at radius 3 is 2.63 bits per heavy atom. The number of amides is 1. The Hall–Kier alpha value is -2.28. The van der Waals surface area contributed by atoms with Crippen molar-refractivity contribution in [1.82, 2.24) is 25.0 Å². The zero-order valence-electron chi connectivity index (χ0n) is 16.3. The molecule has 0 spiro atoms. The van der Waals surface area contributed by atoms with Gasteiger partial charge in [-0.15, -0.1) is 5.10 Å². The molecular weight excluding hydrogens is 345 g/mol. The van der Waals surface area contributed by atoms with Crippen molar-refractivity contribution in [3.05, 3.63) is 41.7 Å². The number of rotatable bonds is 6. The number of aromatic nitrogens is 3. The summed E-state index contributed by atoms with van der Waals surface area (Å²) in [5.41, 5.74) is 0.318. The molecule has 0 unspecified atom stereocenters. The van der Waals surface area contributed by atoms with Gasteiger partial charge in [0.25, 0.3) is 5.91 Å². The van der Waals surface area contributed by atoms with Crippen LogP contribution in [0.3, 0.4) is 0 Å². The quantitative estimate of drug-likeness (QED) is 0.846. The minimum atomic E-state index is -0.381. The molecule has 0 aliphatic carbocycles. The van der Waals surface area contributed by atoms with Gasteiger partial charge in [0.1, 0.15) is 17.3 Å². The van der Waals surface area contributed by atoms with Crippen molar-refractivity contribution in [3.8, 4) is 5.69 Å². The van der Waals surface area contributed by atoms with Crippen molar-refractivity contribution >= 4 is 5.91 Å². The highest BCUT2D eigenvalue weighted by Crippen LogP contribution is 2.23. The molecule has 2 heterocycles. The van der Waals surface area contributed by atoms with Crippen molar-refractivity contribution < 1.29 is 9.18 Å². The van der Waals surface area contributed by atoms with Crippen LogP contribution in [0.25, 0.3) is 5.69 Å². The monoisotopic (exact) mass is 373 g/mol. The van der Waals surface area contributed by atoms with E-state index in [0.29, 0.717) is 17.4 Å². The number of benzene rings is 1. The van der Waals surface area contributed by atoms with Crippen LogP contribution in [-0.4, -0.2) is 52.3 Å². The SMILES string of the molecule is CNCCC1CCN(C(=O)c2nc(C(C)C)n(-c3ccccc3F)n2)CC1. The lowest BCUT2D eigenvalue weighted by Gasteiger charge is -2.31. The lowest BCUT2D eigenvalue weighted by molar-refractivity contribution is 0.0674. The Kier molecular flexibility index (Phi) is 6.21. The molecule has 1 aliphatic rings. The number of piperidine rings is 1. The summed E-state index contributed by atoms with van der Waals surface area (Å²) < 4.78 is 15.7. The van der Waals surface area contributed by atoms with Gasteiger partial charge in [0.15, 0.2) is 0 Å². The molecule has 0 radical (unpaired) electrons. The topological polar surface area (TPSA) is 63.1 Å². The fourth-order valence-corrected chi connectivity index (χ4v) is 3.50. The first kappa shape index (κ1) is 19.5. The summed E-state index contributed by atoms with van der Waals surface area (Å²) in [6, 6.07) is 6.42. The normalized spacial score (nSPS) is 15.5. The average molecular weight is 373 g/mol. The fraction of sp³-hybridized carbons (Fsp3) is 0.550. The van der Waals surface area contributed by atoms with Crippen molar-refractivity contribution in [1.29, 1.82) is 0 Å². The molecule has 1 aromatic carbocycles. The molecular formula is C20H28FN5O. The molecule has 2 aromatic rings. The van der Waals surface area contributed by atoms with Crippen LogP contribution in [0.5, 0.6) is 0 Å². The molecule has 146 valence electrons. The smallest absolute Gasteiger partial charge is 0.293 e. The molecule has 1 aromatic heterocycles. The van der Waals surface area contributed by atoms with E-state index in [9.17, 15) is 9.18 Å². The molecule has 1 aliphatic heterocycles. The van der Waals surface area contributed by atoms with Crippen LogP contribution in [0, 0.1) is 11.7 Å². The summed E-state index contributed by atoms with van der Waals surface area (Å²) in [5.74, 6) is 0.860. The van der Waals surface area contributed by atoms with E-state index in [1.165, 1.54) is 10.7 Å². The molecule has 0 bridgehead atoms. The zero-order chi connectivity index (χ0) is 19.4. The van der Waals surface area contributed by atoms with E-state index in [0.717, 1.165) is 38.9 Å². The van der Waals surface area contributed by atoms with E-state index in [1.807, 2.05) is 25.8 Å². The number of likely N-dealkylation sites (tertiary alicyclic amines) is 1. The summed E-state index contributed by atoms with van der Waals surface area (Å²) in [7, 11) is 1.96. The molecule has 27 heavy (non-hydrogen) atoms. The maximum absolute atomic E-state index is 14.2. The van der Waals surface area contributed by atoms with Gasteiger partial charge in [-0.05, 0) is 50.9 Å². The van der Waals surface area contributed by atoms with Crippen molar-refractivity contribution in [2.45, 2.75) is 39.0 Å². The Morgan fingerprint density at radius 2 is 2.00 bits per heavy atom. The lowest BCUT2D eigenvalue weighted by atomic mass is 9.93. The van der Waals surface area contributed by atoms with Crippen LogP contribution >= 0.6 is 0 Å². The summed E-state index contributed by atoms with van der Waals surface area (Å²) in [6.45, 7) is 6.37. The minimum absolute atomic E-state index is 0.0194. The maximum Gasteiger partial charge on any atom is 0.293 e. The van der Waals surface area contributed by atoms with Crippen LogP contribution in [0.1, 0.15) is 55.5 Å². The van der Waals surface area contributed by atoms with Gasteiger partial charge in [-0.2, -0.15) is 0 Å². The van der Waals surface area contributed by atoms with Crippen LogP contribution in [0.2, 0.25) is 0 Å². The molecule has 6 nitrogen and oxygen atoms in total. The number of hydrogen-bond acceptors (Lipinski definition) is 4. The standard InChI is InChI=1S/C20H28FN5O/c1-14(2)19-23-18(24-26(19)17-7-5-4-6-16(17)21)20(27)25-12-9-15(10-13-25)8-11-22-3/h4-7,14-15,22H,8-13H2,1-3H3. The van der Waals surface area contributed by atoms with Gasteiger partial charge >= 0.3 is 0 Å². The Balaban J connectivity index is 1.78. The minimum Gasteiger partial charge on any atom is -0.336 e. The second-order valence-electron chi connectivity index (χ2n) is 7.44. The number of nitrogens with zero attached hydrogens (tertiary/aromatic N) is 4. The molecule has 1 amide bonds. The maximum atomic E-state index is 14.2. The largest absolute Gasteiger partial charge is 0.336 e. The summed E-state index contributed by atoms with van der Waals surface area (Å²) in [4.78, 5) is 19.2. The molecule has 0 atom stereocenters. The van der Waals surface area contributed by atoms with E-state index < -0.39 is 0 Å². The van der Waals surface area contributed by atoms with Gasteiger partial charge in [0, 0.05) is 19.0 Å². The Bertz CT molecular complexity index is 780. The third-order valence-corrected chi connectivity index (χ3v) is 5.12. The third-order valence-electron chi connectivity index (χ3n) is 5.12. The number of hydrogen-bond donors (Lipinski definition) is 1. The van der Waals surface area contributed by atoms with E-state index in [1.54, 1.807) is 18.2 Å².